The van der Waals surface area contributed by atoms with E-state index in [0.717, 1.165) is 30.3 Å². The first-order valence-corrected chi connectivity index (χ1v) is 11.0. The van der Waals surface area contributed by atoms with Gasteiger partial charge in [-0.05, 0) is 68.1 Å². The van der Waals surface area contributed by atoms with Crippen LogP contribution in [0.3, 0.4) is 0 Å². The monoisotopic (exact) mass is 496 g/mol. The lowest BCUT2D eigenvalue weighted by Gasteiger charge is -2.27. The maximum Gasteiger partial charge on any atom is 0.416 e. The maximum atomic E-state index is 14.4. The first kappa shape index (κ1) is 26.0. The summed E-state index contributed by atoms with van der Waals surface area (Å²) in [6.07, 6.45) is -2.89. The van der Waals surface area contributed by atoms with Crippen molar-refractivity contribution >= 4 is 17.8 Å². The number of alkyl halides is 3. The van der Waals surface area contributed by atoms with Crippen LogP contribution in [0, 0.1) is 11.7 Å². The topological polar surface area (TPSA) is 105 Å². The summed E-state index contributed by atoms with van der Waals surface area (Å²) < 4.78 is 57.8. The van der Waals surface area contributed by atoms with Crippen LogP contribution in [0.15, 0.2) is 42.5 Å². The van der Waals surface area contributed by atoms with Crippen molar-refractivity contribution in [1.29, 1.82) is 0 Å². The zero-order valence-corrected chi connectivity index (χ0v) is 18.5. The van der Waals surface area contributed by atoms with Gasteiger partial charge in [0, 0.05) is 24.2 Å². The van der Waals surface area contributed by atoms with E-state index in [2.05, 4.69) is 10.6 Å². The number of hydrogen-bond donors (Lipinski definition) is 3. The zero-order valence-electron chi connectivity index (χ0n) is 18.5. The molecule has 2 amide bonds. The summed E-state index contributed by atoms with van der Waals surface area (Å²) in [5.41, 5.74) is -0.785. The summed E-state index contributed by atoms with van der Waals surface area (Å²) in [5, 5.41) is 14.0. The van der Waals surface area contributed by atoms with E-state index in [-0.39, 0.29) is 36.1 Å². The Balaban J connectivity index is 1.43. The van der Waals surface area contributed by atoms with Gasteiger partial charge in [0.25, 0.3) is 11.8 Å². The molecule has 2 aromatic rings. The Hall–Kier alpha value is -3.63. The van der Waals surface area contributed by atoms with E-state index in [1.54, 1.807) is 0 Å². The molecule has 3 rings (SSSR count). The van der Waals surface area contributed by atoms with Crippen molar-refractivity contribution in [2.24, 2.45) is 5.92 Å². The molecule has 0 saturated heterocycles. The molecule has 1 fully saturated rings. The molecule has 3 N–H and O–H groups in total. The van der Waals surface area contributed by atoms with Crippen LogP contribution in [0.2, 0.25) is 0 Å². The average Bonchev–Trinajstić information content (AvgIpc) is 2.82. The third kappa shape index (κ3) is 7.17. The number of nitrogens with one attached hydrogen (secondary N) is 2. The van der Waals surface area contributed by atoms with Gasteiger partial charge in [0.2, 0.25) is 0 Å². The van der Waals surface area contributed by atoms with Gasteiger partial charge < -0.3 is 20.5 Å². The molecule has 0 spiro atoms. The van der Waals surface area contributed by atoms with Gasteiger partial charge in [-0.2, -0.15) is 13.2 Å². The average molecular weight is 496 g/mol. The minimum atomic E-state index is -4.50. The fraction of sp³-hybridized carbons (Fsp3) is 0.375. The first-order chi connectivity index (χ1) is 16.5. The molecule has 1 saturated carbocycles. The molecule has 0 unspecified atom stereocenters. The van der Waals surface area contributed by atoms with Crippen LogP contribution in [-0.4, -0.2) is 42.1 Å². The van der Waals surface area contributed by atoms with Crippen LogP contribution in [0.1, 0.15) is 52.0 Å². The lowest BCUT2D eigenvalue weighted by molar-refractivity contribution is -0.143. The lowest BCUT2D eigenvalue weighted by atomic mass is 9.87. The zero-order chi connectivity index (χ0) is 25.6. The highest BCUT2D eigenvalue weighted by Gasteiger charge is 2.30. The number of carbonyl (C=O) groups is 3. The SMILES string of the molecule is O=C(NCCNC(=O)c1ccc(OC2CCC(C(=O)O)CC2)c(F)c1)c1ccc(C(F)(F)F)cc1. The number of ether oxygens (including phenoxy) is 1. The molecule has 0 aliphatic heterocycles. The number of amides is 2. The molecule has 1 aliphatic carbocycles. The number of benzene rings is 2. The minimum Gasteiger partial charge on any atom is -0.487 e. The van der Waals surface area contributed by atoms with Gasteiger partial charge in [-0.1, -0.05) is 0 Å². The number of rotatable bonds is 8. The predicted molar refractivity (Wildman–Crippen MR) is 117 cm³/mol. The largest absolute Gasteiger partial charge is 0.487 e. The van der Waals surface area contributed by atoms with Crippen LogP contribution in [-0.2, 0) is 11.0 Å². The van der Waals surface area contributed by atoms with E-state index < -0.39 is 41.3 Å². The van der Waals surface area contributed by atoms with E-state index in [1.165, 1.54) is 12.1 Å². The third-order valence-electron chi connectivity index (χ3n) is 5.68. The van der Waals surface area contributed by atoms with Crippen molar-refractivity contribution < 1.29 is 41.8 Å². The summed E-state index contributed by atoms with van der Waals surface area (Å²) in [5.74, 6) is -3.19. The van der Waals surface area contributed by atoms with Gasteiger partial charge in [0.15, 0.2) is 11.6 Å². The molecule has 0 atom stereocenters. The molecule has 35 heavy (non-hydrogen) atoms. The molecule has 0 bridgehead atoms. The molecule has 0 aromatic heterocycles. The predicted octanol–water partition coefficient (Wildman–Crippen LogP) is 4.03. The number of halogens is 4. The molecular formula is C24H24F4N2O5. The van der Waals surface area contributed by atoms with E-state index in [9.17, 15) is 31.9 Å². The number of carboxylic acids is 1. The van der Waals surface area contributed by atoms with Crippen LogP contribution >= 0.6 is 0 Å². The Kier molecular flexibility index (Phi) is 8.31. The molecule has 0 radical (unpaired) electrons. The van der Waals surface area contributed by atoms with Crippen LogP contribution in [0.4, 0.5) is 17.6 Å². The van der Waals surface area contributed by atoms with Gasteiger partial charge in [-0.3, -0.25) is 14.4 Å². The standard InChI is InChI=1S/C24H24F4N2O5/c25-19-13-16(5-10-20(19)35-18-8-3-15(4-9-18)23(33)34)22(32)30-12-11-29-21(31)14-1-6-17(7-2-14)24(26,27)28/h1-2,5-7,10,13,15,18H,3-4,8-9,11-12H2,(H,29,31)(H,30,32)(H,33,34). The van der Waals surface area contributed by atoms with E-state index in [0.29, 0.717) is 25.7 Å². The highest BCUT2D eigenvalue weighted by Crippen LogP contribution is 2.30. The third-order valence-corrected chi connectivity index (χ3v) is 5.68. The molecule has 1 aliphatic rings. The number of carbonyl (C=O) groups excluding carboxylic acids is 2. The summed E-state index contributed by atoms with van der Waals surface area (Å²) in [7, 11) is 0. The molecular weight excluding hydrogens is 472 g/mol. The molecule has 7 nitrogen and oxygen atoms in total. The Morgan fingerprint density at radius 3 is 1.94 bits per heavy atom. The maximum absolute atomic E-state index is 14.4. The van der Waals surface area contributed by atoms with Gasteiger partial charge in [-0.25, -0.2) is 4.39 Å². The smallest absolute Gasteiger partial charge is 0.416 e. The Labute approximate surface area is 198 Å². The minimum absolute atomic E-state index is 0.00822. The number of hydrogen-bond acceptors (Lipinski definition) is 4. The molecule has 188 valence electrons. The molecule has 2 aromatic carbocycles. The molecule has 0 heterocycles. The van der Waals surface area contributed by atoms with Crippen molar-refractivity contribution in [3.63, 3.8) is 0 Å². The number of carboxylic acid groups (broad SMARTS) is 1. The van der Waals surface area contributed by atoms with Crippen LogP contribution in [0.5, 0.6) is 5.75 Å². The second kappa shape index (κ2) is 11.2. The summed E-state index contributed by atoms with van der Waals surface area (Å²) in [6.45, 7) is 0.0200. The van der Waals surface area contributed by atoms with E-state index >= 15 is 0 Å². The van der Waals surface area contributed by atoms with Crippen LogP contribution < -0.4 is 15.4 Å². The van der Waals surface area contributed by atoms with Crippen molar-refractivity contribution in [3.8, 4) is 5.75 Å². The highest BCUT2D eigenvalue weighted by atomic mass is 19.4. The van der Waals surface area contributed by atoms with Crippen molar-refractivity contribution in [2.75, 3.05) is 13.1 Å². The fourth-order valence-corrected chi connectivity index (χ4v) is 3.71. The Morgan fingerprint density at radius 1 is 0.886 bits per heavy atom. The summed E-state index contributed by atoms with van der Waals surface area (Å²) in [4.78, 5) is 35.3. The lowest BCUT2D eigenvalue weighted by Crippen LogP contribution is -2.34. The quantitative estimate of drug-likeness (QED) is 0.378. The second-order valence-corrected chi connectivity index (χ2v) is 8.16. The highest BCUT2D eigenvalue weighted by molar-refractivity contribution is 5.95. The Morgan fingerprint density at radius 2 is 1.43 bits per heavy atom. The van der Waals surface area contributed by atoms with Crippen molar-refractivity contribution in [3.05, 3.63) is 65.0 Å². The Bertz CT molecular complexity index is 1060. The van der Waals surface area contributed by atoms with Crippen molar-refractivity contribution in [2.45, 2.75) is 38.0 Å². The van der Waals surface area contributed by atoms with Gasteiger partial charge >= 0.3 is 12.1 Å². The summed E-state index contributed by atoms with van der Waals surface area (Å²) >= 11 is 0. The van der Waals surface area contributed by atoms with Crippen molar-refractivity contribution in [1.82, 2.24) is 10.6 Å². The second-order valence-electron chi connectivity index (χ2n) is 8.16. The van der Waals surface area contributed by atoms with Crippen LogP contribution in [0.25, 0.3) is 0 Å². The van der Waals surface area contributed by atoms with Gasteiger partial charge in [0.1, 0.15) is 0 Å². The number of aliphatic carboxylic acids is 1. The van der Waals surface area contributed by atoms with Gasteiger partial charge in [0.05, 0.1) is 17.6 Å². The summed E-state index contributed by atoms with van der Waals surface area (Å²) in [6, 6.07) is 7.47. The fourth-order valence-electron chi connectivity index (χ4n) is 3.71. The van der Waals surface area contributed by atoms with E-state index in [1.807, 2.05) is 0 Å². The normalized spacial score (nSPS) is 17.9. The first-order valence-electron chi connectivity index (χ1n) is 11.0. The van der Waals surface area contributed by atoms with E-state index in [4.69, 9.17) is 9.84 Å². The molecule has 11 heteroatoms. The van der Waals surface area contributed by atoms with Gasteiger partial charge in [-0.15, -0.1) is 0 Å².